The molecule has 14 nitrogen and oxygen atoms in total. The van der Waals surface area contributed by atoms with Crippen LogP contribution in [-0.4, -0.2) is 117 Å². The zero-order valence-electron chi connectivity index (χ0n) is 39.3. The van der Waals surface area contributed by atoms with E-state index in [0.29, 0.717) is 24.5 Å². The molecule has 0 unspecified atom stereocenters. The van der Waals surface area contributed by atoms with Gasteiger partial charge in [0.25, 0.3) is 11.8 Å². The van der Waals surface area contributed by atoms with Gasteiger partial charge in [0.15, 0.2) is 11.4 Å². The summed E-state index contributed by atoms with van der Waals surface area (Å²) in [7, 11) is 9.57. The van der Waals surface area contributed by atoms with Crippen LogP contribution in [-0.2, 0) is 35.8 Å². The maximum atomic E-state index is 13.4. The highest BCUT2D eigenvalue weighted by Gasteiger charge is 2.37. The van der Waals surface area contributed by atoms with E-state index in [0.717, 1.165) is 77.7 Å². The molecule has 2 aromatic heterocycles. The summed E-state index contributed by atoms with van der Waals surface area (Å²) in [6.07, 6.45) is 2.00. The summed E-state index contributed by atoms with van der Waals surface area (Å²) in [5.41, 5.74) is 3.76. The van der Waals surface area contributed by atoms with E-state index < -0.39 is 22.9 Å². The number of likely N-dealkylation sites (N-methyl/N-ethyl adjacent to an activating group) is 2. The maximum absolute atomic E-state index is 13.4. The second-order valence-corrected chi connectivity index (χ2v) is 18.5. The Morgan fingerprint density at radius 1 is 0.651 bits per heavy atom. The number of fused-ring (bicyclic) bond motifs is 2. The van der Waals surface area contributed by atoms with Crippen LogP contribution in [0.25, 0.3) is 22.8 Å². The first-order valence-electron chi connectivity index (χ1n) is 21.0. The monoisotopic (exact) mass is 1020 g/mol. The molecule has 4 heterocycles. The third-order valence-corrected chi connectivity index (χ3v) is 11.0. The van der Waals surface area contributed by atoms with Gasteiger partial charge in [-0.15, -0.1) is 0 Å². The van der Waals surface area contributed by atoms with Gasteiger partial charge in [0.1, 0.15) is 36.0 Å². The fourth-order valence-corrected chi connectivity index (χ4v) is 7.77. The molecule has 2 aromatic carbocycles. The van der Waals surface area contributed by atoms with Crippen LogP contribution in [0.2, 0.25) is 0 Å². The summed E-state index contributed by atoms with van der Waals surface area (Å²) in [5.74, 6) is 0.580. The quantitative estimate of drug-likeness (QED) is 0.0964. The summed E-state index contributed by atoms with van der Waals surface area (Å²) in [4.78, 5) is 65.2. The Morgan fingerprint density at radius 2 is 1.05 bits per heavy atom. The number of halogens is 1. The molecule has 0 fully saturated rings. The van der Waals surface area contributed by atoms with Crippen LogP contribution < -0.4 is 21.3 Å². The molecular formula is C46H72IN10O4S2+. The molecule has 0 bridgehead atoms. The van der Waals surface area contributed by atoms with Crippen molar-refractivity contribution in [3.05, 3.63) is 83.4 Å². The highest BCUT2D eigenvalue weighted by atomic mass is 127. The average Bonchev–Trinajstić information content (AvgIpc) is 3.62. The molecular weight excluding hydrogens is 948 g/mol. The van der Waals surface area contributed by atoms with Gasteiger partial charge in [0.05, 0.1) is 26.3 Å². The van der Waals surface area contributed by atoms with Crippen LogP contribution in [0.1, 0.15) is 86.7 Å². The molecule has 4 N–H and O–H groups in total. The van der Waals surface area contributed by atoms with Crippen LogP contribution in [0, 0.1) is 10.8 Å². The van der Waals surface area contributed by atoms with Crippen LogP contribution in [0.3, 0.4) is 0 Å². The average molecular weight is 1020 g/mol. The predicted molar refractivity (Wildman–Crippen MR) is 272 cm³/mol. The molecule has 0 saturated heterocycles. The summed E-state index contributed by atoms with van der Waals surface area (Å²) in [5, 5.41) is 11.2. The van der Waals surface area contributed by atoms with Crippen molar-refractivity contribution >= 4 is 73.2 Å². The van der Waals surface area contributed by atoms with E-state index in [4.69, 9.17) is 9.97 Å². The number of hydrogen-bond donors (Lipinski definition) is 4. The summed E-state index contributed by atoms with van der Waals surface area (Å²) >= 11 is 2.15. The Balaban J connectivity index is 0.000000405. The number of carbonyl (C=O) groups is 4. The minimum Gasteiger partial charge on any atom is -0.357 e. The molecule has 348 valence electrons. The van der Waals surface area contributed by atoms with Gasteiger partial charge in [-0.05, 0) is 35.8 Å². The third kappa shape index (κ3) is 14.0. The number of nitrogens with one attached hydrogen (secondary N) is 4. The Kier molecular flexibility index (Phi) is 20.9. The standard InChI is InChI=1S/C23H33N5O2.C22H31N5O2.CH3I.2H2S/c1-23(2,3)19(22(30)24-4)26-21(29)18-17-15-28(5,6)14-10-13-27(17)20(25-18)16-11-8-7-9-12-16;1-22(2,3)18(21(29)23-4)25-20(28)17-16-14-26(5)12-9-13-27(16)19(24-17)15-10-7-6-8-11-15;1-2;;/h7-9,11-12,19H,10,13-15H2,1-6H3,(H-,24,26,29,30);6-8,10-11,18H,9,12-14H2,1-5H3,(H,23,29)(H,25,28);1H3;2*1H2/p+1/t19-;18-;;;/m11.../s1. The fraction of sp³-hybridized carbons (Fsp3) is 0.522. The topological polar surface area (TPSA) is 155 Å². The minimum absolute atomic E-state index is 0. The highest BCUT2D eigenvalue weighted by Crippen LogP contribution is 2.30. The first-order valence-corrected chi connectivity index (χ1v) is 23.1. The van der Waals surface area contributed by atoms with Gasteiger partial charge >= 0.3 is 0 Å². The lowest BCUT2D eigenvalue weighted by Crippen LogP contribution is -2.53. The van der Waals surface area contributed by atoms with E-state index in [2.05, 4.69) is 79.0 Å². The zero-order valence-corrected chi connectivity index (χ0v) is 43.4. The van der Waals surface area contributed by atoms with Gasteiger partial charge in [-0.1, -0.05) is 125 Å². The van der Waals surface area contributed by atoms with Gasteiger partial charge in [0.2, 0.25) is 11.8 Å². The van der Waals surface area contributed by atoms with Gasteiger partial charge in [-0.3, -0.25) is 19.2 Å². The van der Waals surface area contributed by atoms with E-state index in [9.17, 15) is 19.2 Å². The van der Waals surface area contributed by atoms with Crippen molar-refractivity contribution < 1.29 is 23.7 Å². The summed E-state index contributed by atoms with van der Waals surface area (Å²) < 4.78 is 5.13. The molecule has 0 saturated carbocycles. The number of aromatic nitrogens is 4. The second-order valence-electron chi connectivity index (χ2n) is 18.5. The van der Waals surface area contributed by atoms with Gasteiger partial charge in [0, 0.05) is 51.3 Å². The Labute approximate surface area is 402 Å². The molecule has 2 aliphatic rings. The fourth-order valence-electron chi connectivity index (χ4n) is 7.77. The summed E-state index contributed by atoms with van der Waals surface area (Å²) in [6.45, 7) is 16.6. The highest BCUT2D eigenvalue weighted by molar-refractivity contribution is 14.1. The molecule has 2 aliphatic heterocycles. The lowest BCUT2D eigenvalue weighted by atomic mass is 9.86. The largest absolute Gasteiger partial charge is 0.357 e. The maximum Gasteiger partial charge on any atom is 0.272 e. The number of carbonyl (C=O) groups excluding carboxylic acids is 4. The number of nitrogens with zero attached hydrogens (tertiary/aromatic N) is 6. The van der Waals surface area contributed by atoms with Crippen molar-refractivity contribution in [3.8, 4) is 22.8 Å². The van der Waals surface area contributed by atoms with Crippen molar-refractivity contribution in [2.45, 2.75) is 92.6 Å². The molecule has 4 amide bonds. The van der Waals surface area contributed by atoms with E-state index in [1.54, 1.807) is 14.1 Å². The van der Waals surface area contributed by atoms with Gasteiger partial charge in [-0.2, -0.15) is 27.0 Å². The van der Waals surface area contributed by atoms with Gasteiger partial charge in [-0.25, -0.2) is 9.97 Å². The molecule has 4 aromatic rings. The molecule has 63 heavy (non-hydrogen) atoms. The molecule has 0 aliphatic carbocycles. The first-order chi connectivity index (χ1) is 28.8. The van der Waals surface area contributed by atoms with Crippen molar-refractivity contribution in [1.82, 2.24) is 45.3 Å². The number of benzene rings is 2. The number of alkyl halides is 1. The van der Waals surface area contributed by atoms with E-state index in [1.165, 1.54) is 0 Å². The molecule has 6 rings (SSSR count). The molecule has 2 atom stereocenters. The normalized spacial score (nSPS) is 15.4. The second kappa shape index (κ2) is 23.9. The Hall–Kier alpha value is -3.91. The lowest BCUT2D eigenvalue weighted by molar-refractivity contribution is -0.903. The first kappa shape index (κ1) is 55.2. The zero-order chi connectivity index (χ0) is 45.3. The van der Waals surface area contributed by atoms with Crippen LogP contribution in [0.15, 0.2) is 60.7 Å². The predicted octanol–water partition coefficient (Wildman–Crippen LogP) is 5.97. The van der Waals surface area contributed by atoms with Crippen LogP contribution in [0.4, 0.5) is 0 Å². The van der Waals surface area contributed by atoms with Gasteiger partial charge < -0.3 is 39.8 Å². The van der Waals surface area contributed by atoms with E-state index in [1.807, 2.05) is 107 Å². The Morgan fingerprint density at radius 3 is 1.46 bits per heavy atom. The number of hydrogen-bond acceptors (Lipinski definition) is 7. The van der Waals surface area contributed by atoms with Crippen LogP contribution >= 0.6 is 49.6 Å². The molecule has 0 spiro atoms. The molecule has 0 radical (unpaired) electrons. The number of rotatable bonds is 8. The van der Waals surface area contributed by atoms with E-state index in [-0.39, 0.29) is 50.6 Å². The minimum atomic E-state index is -0.652. The van der Waals surface area contributed by atoms with Crippen molar-refractivity contribution in [2.24, 2.45) is 10.8 Å². The van der Waals surface area contributed by atoms with E-state index >= 15 is 0 Å². The summed E-state index contributed by atoms with van der Waals surface area (Å²) in [6, 6.07) is 18.6. The number of quaternary nitrogens is 1. The molecule has 17 heteroatoms. The Bertz CT molecular complexity index is 2130. The van der Waals surface area contributed by atoms with Crippen molar-refractivity contribution in [1.29, 1.82) is 0 Å². The van der Waals surface area contributed by atoms with Crippen LogP contribution in [0.5, 0.6) is 0 Å². The smallest absolute Gasteiger partial charge is 0.272 e. The number of amides is 4. The van der Waals surface area contributed by atoms with Crippen molar-refractivity contribution in [3.63, 3.8) is 0 Å². The lowest BCUT2D eigenvalue weighted by Gasteiger charge is -2.30. The third-order valence-electron chi connectivity index (χ3n) is 11.0. The number of imidazole rings is 2. The van der Waals surface area contributed by atoms with Crippen molar-refractivity contribution in [2.75, 3.05) is 53.3 Å². The SMILES string of the molecule is CI.CNC(=O)[C@@H](NC(=O)c1nc(-c2ccccc2)n2c1CN(C)CCC2)C(C)(C)C.CNC(=O)[C@@H](NC(=O)c1nc(-c2ccccc2)n2c1C[N+](C)(C)CCC2)C(C)(C)C.S.S.